The molecule has 94 valence electrons. The minimum atomic E-state index is -0.401. The second-order valence-corrected chi connectivity index (χ2v) is 5.32. The molecule has 5 heteroatoms. The average molecular weight is 308 g/mol. The number of amides is 1. The van der Waals surface area contributed by atoms with E-state index in [1.165, 1.54) is 0 Å². The maximum Gasteiger partial charge on any atom is 0.245 e. The molecule has 2 rings (SSSR count). The van der Waals surface area contributed by atoms with E-state index >= 15 is 0 Å². The number of benzene rings is 1. The van der Waals surface area contributed by atoms with E-state index in [0.29, 0.717) is 6.54 Å². The zero-order valence-corrected chi connectivity index (χ0v) is 11.6. The van der Waals surface area contributed by atoms with E-state index in [1.807, 2.05) is 31.2 Å². The van der Waals surface area contributed by atoms with Gasteiger partial charge in [-0.2, -0.15) is 5.26 Å². The third-order valence-electron chi connectivity index (χ3n) is 2.94. The van der Waals surface area contributed by atoms with Crippen molar-refractivity contribution in [2.45, 2.75) is 25.4 Å². The van der Waals surface area contributed by atoms with Crippen LogP contribution in [0, 0.1) is 11.3 Å². The molecular formula is C13H14BrN3O. The van der Waals surface area contributed by atoms with Gasteiger partial charge in [-0.1, -0.05) is 15.9 Å². The van der Waals surface area contributed by atoms with Gasteiger partial charge in [0.15, 0.2) is 0 Å². The number of halogens is 1. The van der Waals surface area contributed by atoms with Gasteiger partial charge >= 0.3 is 0 Å². The molecule has 0 spiro atoms. The third-order valence-corrected chi connectivity index (χ3v) is 3.47. The normalized spacial score (nSPS) is 23.8. The number of anilines is 1. The highest BCUT2D eigenvalue weighted by atomic mass is 79.9. The lowest BCUT2D eigenvalue weighted by Gasteiger charge is -2.36. The Labute approximate surface area is 115 Å². The zero-order chi connectivity index (χ0) is 13.1. The second kappa shape index (κ2) is 5.51. The van der Waals surface area contributed by atoms with Crippen LogP contribution in [0.1, 0.15) is 13.3 Å². The summed E-state index contributed by atoms with van der Waals surface area (Å²) in [6, 6.07) is 9.47. The lowest BCUT2D eigenvalue weighted by atomic mass is 10.1. The fraction of sp³-hybridized carbons (Fsp3) is 0.385. The van der Waals surface area contributed by atoms with Crippen molar-refractivity contribution in [2.75, 3.05) is 11.4 Å². The highest BCUT2D eigenvalue weighted by Crippen LogP contribution is 2.22. The van der Waals surface area contributed by atoms with Crippen molar-refractivity contribution in [2.24, 2.45) is 0 Å². The van der Waals surface area contributed by atoms with Crippen molar-refractivity contribution in [3.05, 3.63) is 28.7 Å². The van der Waals surface area contributed by atoms with E-state index in [9.17, 15) is 4.79 Å². The zero-order valence-electron chi connectivity index (χ0n) is 10.1. The van der Waals surface area contributed by atoms with Crippen LogP contribution in [0.4, 0.5) is 5.69 Å². The Bertz CT molecular complexity index is 480. The summed E-state index contributed by atoms with van der Waals surface area (Å²) in [7, 11) is 0. The third kappa shape index (κ3) is 2.71. The summed E-state index contributed by atoms with van der Waals surface area (Å²) in [6.45, 7) is 2.64. The number of nitrogens with zero attached hydrogens (tertiary/aromatic N) is 2. The number of piperazine rings is 1. The van der Waals surface area contributed by atoms with Crippen LogP contribution in [0.3, 0.4) is 0 Å². The quantitative estimate of drug-likeness (QED) is 0.910. The monoisotopic (exact) mass is 307 g/mol. The molecule has 4 nitrogen and oxygen atoms in total. The number of nitrogens with one attached hydrogen (secondary N) is 1. The van der Waals surface area contributed by atoms with Crippen molar-refractivity contribution < 1.29 is 4.79 Å². The molecule has 1 heterocycles. The molecule has 1 aromatic rings. The van der Waals surface area contributed by atoms with Crippen molar-refractivity contribution in [3.63, 3.8) is 0 Å². The summed E-state index contributed by atoms with van der Waals surface area (Å²) in [4.78, 5) is 14.0. The number of nitriles is 1. The number of rotatable bonds is 2. The van der Waals surface area contributed by atoms with Crippen LogP contribution in [-0.2, 0) is 4.79 Å². The van der Waals surface area contributed by atoms with E-state index in [4.69, 9.17) is 5.26 Å². The molecule has 1 aromatic carbocycles. The Hall–Kier alpha value is -1.38. The minimum absolute atomic E-state index is 0.0306. The van der Waals surface area contributed by atoms with Gasteiger partial charge < -0.3 is 10.2 Å². The smallest absolute Gasteiger partial charge is 0.245 e. The molecule has 2 unspecified atom stereocenters. The second-order valence-electron chi connectivity index (χ2n) is 4.41. The molecule has 0 aliphatic carbocycles. The van der Waals surface area contributed by atoms with Gasteiger partial charge in [0.05, 0.1) is 12.5 Å². The molecule has 1 aliphatic rings. The number of carbonyl (C=O) groups is 1. The van der Waals surface area contributed by atoms with E-state index in [-0.39, 0.29) is 18.4 Å². The van der Waals surface area contributed by atoms with Gasteiger partial charge in [0.25, 0.3) is 0 Å². The molecule has 1 amide bonds. The SMILES string of the molecule is CC1CN(c2ccc(Br)cc2)C(=O)C(CC#N)N1. The molecule has 18 heavy (non-hydrogen) atoms. The lowest BCUT2D eigenvalue weighted by Crippen LogP contribution is -2.59. The fourth-order valence-electron chi connectivity index (χ4n) is 2.11. The van der Waals surface area contributed by atoms with E-state index < -0.39 is 6.04 Å². The summed E-state index contributed by atoms with van der Waals surface area (Å²) in [5.74, 6) is -0.0306. The maximum absolute atomic E-state index is 12.2. The maximum atomic E-state index is 12.2. The Morgan fingerprint density at radius 2 is 2.17 bits per heavy atom. The predicted molar refractivity (Wildman–Crippen MR) is 73.1 cm³/mol. The first kappa shape index (κ1) is 13.1. The number of hydrogen-bond donors (Lipinski definition) is 1. The molecule has 1 fully saturated rings. The van der Waals surface area contributed by atoms with Gasteiger partial charge in [0.2, 0.25) is 5.91 Å². The minimum Gasteiger partial charge on any atom is -0.309 e. The number of hydrogen-bond acceptors (Lipinski definition) is 3. The predicted octanol–water partition coefficient (Wildman–Crippen LogP) is 2.06. The van der Waals surface area contributed by atoms with Crippen molar-refractivity contribution >= 4 is 27.5 Å². The topological polar surface area (TPSA) is 56.1 Å². The molecule has 1 saturated heterocycles. The van der Waals surface area contributed by atoms with Crippen LogP contribution < -0.4 is 10.2 Å². The van der Waals surface area contributed by atoms with Crippen LogP contribution >= 0.6 is 15.9 Å². The van der Waals surface area contributed by atoms with Gasteiger partial charge in [-0.25, -0.2) is 0 Å². The lowest BCUT2D eigenvalue weighted by molar-refractivity contribution is -0.122. The molecule has 0 bridgehead atoms. The molecule has 1 aliphatic heterocycles. The largest absolute Gasteiger partial charge is 0.309 e. The van der Waals surface area contributed by atoms with Gasteiger partial charge in [0.1, 0.15) is 6.04 Å². The van der Waals surface area contributed by atoms with Crippen LogP contribution in [0.25, 0.3) is 0 Å². The van der Waals surface area contributed by atoms with Crippen LogP contribution in [0.5, 0.6) is 0 Å². The molecule has 0 aromatic heterocycles. The summed E-state index contributed by atoms with van der Waals surface area (Å²) >= 11 is 3.37. The van der Waals surface area contributed by atoms with Crippen LogP contribution in [0.2, 0.25) is 0 Å². The Kier molecular flexibility index (Phi) is 4.00. The summed E-state index contributed by atoms with van der Waals surface area (Å²) in [5, 5.41) is 11.9. The average Bonchev–Trinajstić information content (AvgIpc) is 2.35. The summed E-state index contributed by atoms with van der Waals surface area (Å²) in [5.41, 5.74) is 0.875. The first-order valence-corrected chi connectivity index (χ1v) is 6.61. The Morgan fingerprint density at radius 1 is 1.50 bits per heavy atom. The van der Waals surface area contributed by atoms with Crippen LogP contribution in [0.15, 0.2) is 28.7 Å². The Balaban J connectivity index is 2.23. The number of carbonyl (C=O) groups excluding carboxylic acids is 1. The summed E-state index contributed by atoms with van der Waals surface area (Å²) < 4.78 is 0.982. The Morgan fingerprint density at radius 3 is 2.78 bits per heavy atom. The van der Waals surface area contributed by atoms with Gasteiger partial charge in [-0.05, 0) is 31.2 Å². The highest BCUT2D eigenvalue weighted by Gasteiger charge is 2.32. The standard InChI is InChI=1S/C13H14BrN3O/c1-9-8-17(11-4-2-10(14)3-5-11)13(18)12(16-9)6-7-15/h2-5,9,12,16H,6,8H2,1H3. The highest BCUT2D eigenvalue weighted by molar-refractivity contribution is 9.10. The van der Waals surface area contributed by atoms with E-state index in [0.717, 1.165) is 10.2 Å². The fourth-order valence-corrected chi connectivity index (χ4v) is 2.37. The van der Waals surface area contributed by atoms with Crippen molar-refractivity contribution in [3.8, 4) is 6.07 Å². The first-order valence-electron chi connectivity index (χ1n) is 5.81. The molecule has 0 radical (unpaired) electrons. The van der Waals surface area contributed by atoms with Crippen LogP contribution in [-0.4, -0.2) is 24.5 Å². The van der Waals surface area contributed by atoms with E-state index in [2.05, 4.69) is 27.3 Å². The molecule has 1 N–H and O–H groups in total. The first-order chi connectivity index (χ1) is 8.61. The molecule has 2 atom stereocenters. The molecule has 0 saturated carbocycles. The van der Waals surface area contributed by atoms with E-state index in [1.54, 1.807) is 4.90 Å². The van der Waals surface area contributed by atoms with Gasteiger partial charge in [-0.3, -0.25) is 4.79 Å². The van der Waals surface area contributed by atoms with Gasteiger partial charge in [0, 0.05) is 22.7 Å². The van der Waals surface area contributed by atoms with Crippen molar-refractivity contribution in [1.29, 1.82) is 5.26 Å². The molecular weight excluding hydrogens is 294 g/mol. The van der Waals surface area contributed by atoms with Crippen molar-refractivity contribution in [1.82, 2.24) is 5.32 Å². The summed E-state index contributed by atoms with van der Waals surface area (Å²) in [6.07, 6.45) is 0.205. The van der Waals surface area contributed by atoms with Gasteiger partial charge in [-0.15, -0.1) is 0 Å².